The van der Waals surface area contributed by atoms with E-state index in [9.17, 15) is 9.18 Å². The molecule has 0 unspecified atom stereocenters. The van der Waals surface area contributed by atoms with Crippen molar-refractivity contribution in [1.82, 2.24) is 0 Å². The lowest BCUT2D eigenvalue weighted by molar-refractivity contribution is -0.132. The Morgan fingerprint density at radius 3 is 2.65 bits per heavy atom. The maximum atomic E-state index is 13.4. The summed E-state index contributed by atoms with van der Waals surface area (Å²) < 4.78 is 13.4. The maximum absolute atomic E-state index is 13.4. The molecule has 0 fully saturated rings. The summed E-state index contributed by atoms with van der Waals surface area (Å²) in [6.07, 6.45) is 4.56. The molecule has 1 aromatic carbocycles. The van der Waals surface area contributed by atoms with E-state index >= 15 is 0 Å². The lowest BCUT2D eigenvalue weighted by atomic mass is 10.1. The number of allylic oxidation sites excluding steroid dienone is 2. The van der Waals surface area contributed by atoms with Crippen molar-refractivity contribution in [3.8, 4) is 0 Å². The molecule has 0 heterocycles. The predicted octanol–water partition coefficient (Wildman–Crippen LogP) is 0.477. The van der Waals surface area contributed by atoms with Crippen LogP contribution in [0.2, 0.25) is 0 Å². The molecule has 2 rings (SSSR count). The van der Waals surface area contributed by atoms with Crippen molar-refractivity contribution in [2.24, 2.45) is 0 Å². The van der Waals surface area contributed by atoms with E-state index in [2.05, 4.69) is 0 Å². The van der Waals surface area contributed by atoms with Gasteiger partial charge in [-0.05, 0) is 40.9 Å². The van der Waals surface area contributed by atoms with Crippen LogP contribution in [0, 0.1) is 11.2 Å². The van der Waals surface area contributed by atoms with Crippen molar-refractivity contribution in [2.75, 3.05) is 0 Å². The lowest BCUT2D eigenvalue weighted by Gasteiger charge is -1.92. The third-order valence-electron chi connectivity index (χ3n) is 2.44. The number of rotatable bonds is 1. The zero-order valence-corrected chi connectivity index (χ0v) is 8.70. The monoisotopic (exact) mass is 229 g/mol. The highest BCUT2D eigenvalue weighted by molar-refractivity contribution is 5.96. The molecule has 0 aromatic heterocycles. The predicted molar refractivity (Wildman–Crippen MR) is 60.7 cm³/mol. The molecule has 3 nitrogen and oxygen atoms in total. The summed E-state index contributed by atoms with van der Waals surface area (Å²) in [7, 11) is 0. The third kappa shape index (κ3) is 2.07. The number of nitrogens with one attached hydrogen (secondary N) is 1. The molecule has 0 bridgehead atoms. The molecule has 4 heteroatoms. The van der Waals surface area contributed by atoms with Gasteiger partial charge in [0.2, 0.25) is 0 Å². The first-order chi connectivity index (χ1) is 8.11. The Morgan fingerprint density at radius 1 is 1.35 bits per heavy atom. The van der Waals surface area contributed by atoms with Crippen molar-refractivity contribution in [3.05, 3.63) is 58.3 Å². The fourth-order valence-corrected chi connectivity index (χ4v) is 1.55. The number of benzene rings is 1. The van der Waals surface area contributed by atoms with Crippen LogP contribution >= 0.6 is 0 Å². The molecule has 0 radical (unpaired) electrons. The van der Waals surface area contributed by atoms with Crippen LogP contribution in [0.25, 0.3) is 5.57 Å². The summed E-state index contributed by atoms with van der Waals surface area (Å²) in [5.74, 6) is 0.420. The molecule has 17 heavy (non-hydrogen) atoms. The van der Waals surface area contributed by atoms with E-state index in [1.54, 1.807) is 12.1 Å². The zero-order chi connectivity index (χ0) is 12.4. The number of carboxylic acid groups (broad SMARTS) is 1. The normalized spacial score (nSPS) is 16.6. The zero-order valence-electron chi connectivity index (χ0n) is 8.70. The minimum atomic E-state index is -1.01. The van der Waals surface area contributed by atoms with Crippen LogP contribution in [-0.4, -0.2) is 16.9 Å². The van der Waals surface area contributed by atoms with Gasteiger partial charge in [0, 0.05) is 0 Å². The van der Waals surface area contributed by atoms with E-state index in [1.807, 2.05) is 5.87 Å². The highest BCUT2D eigenvalue weighted by Crippen LogP contribution is 2.14. The van der Waals surface area contributed by atoms with Crippen molar-refractivity contribution in [2.45, 2.75) is 0 Å². The second-order valence-corrected chi connectivity index (χ2v) is 3.51. The first-order valence-corrected chi connectivity index (χ1v) is 4.84. The Kier molecular flexibility index (Phi) is 2.73. The van der Waals surface area contributed by atoms with E-state index in [-0.39, 0.29) is 10.8 Å². The summed E-state index contributed by atoms with van der Waals surface area (Å²) in [5, 5.41) is 16.3. The Morgan fingerprint density at radius 2 is 2.12 bits per heavy atom. The van der Waals surface area contributed by atoms with Crippen LogP contribution in [0.1, 0.15) is 0 Å². The summed E-state index contributed by atoms with van der Waals surface area (Å²) in [6, 6.07) is 4.32. The van der Waals surface area contributed by atoms with Gasteiger partial charge in [-0.3, -0.25) is 5.41 Å². The van der Waals surface area contributed by atoms with Crippen molar-refractivity contribution >= 4 is 17.4 Å². The van der Waals surface area contributed by atoms with Gasteiger partial charge >= 0.3 is 5.97 Å². The second-order valence-electron chi connectivity index (χ2n) is 3.51. The van der Waals surface area contributed by atoms with Gasteiger partial charge < -0.3 is 5.11 Å². The molecule has 0 atom stereocenters. The van der Waals surface area contributed by atoms with Crippen molar-refractivity contribution < 1.29 is 14.3 Å². The number of aliphatic carboxylic acids is 1. The summed E-state index contributed by atoms with van der Waals surface area (Å²) >= 11 is 0. The topological polar surface area (TPSA) is 61.2 Å². The number of carbonyl (C=O) groups is 1. The fourth-order valence-electron chi connectivity index (χ4n) is 1.55. The number of hydrogen-bond acceptors (Lipinski definition) is 2. The standard InChI is InChI=1S/C13H8FNO2/c14-12-6-9(2-4-11(12)7-15)8-1-3-10(5-8)13(16)17/h1-6,15H,(H,16,17)/b9-8-. The van der Waals surface area contributed by atoms with Crippen LogP contribution in [0.5, 0.6) is 0 Å². The molecule has 0 spiro atoms. The van der Waals surface area contributed by atoms with Gasteiger partial charge in [-0.15, -0.1) is 0 Å². The first-order valence-electron chi connectivity index (χ1n) is 4.84. The van der Waals surface area contributed by atoms with Gasteiger partial charge in [-0.2, -0.15) is 0 Å². The molecule has 0 amide bonds. The van der Waals surface area contributed by atoms with E-state index in [4.69, 9.17) is 10.5 Å². The smallest absolute Gasteiger partial charge is 0.335 e. The van der Waals surface area contributed by atoms with Crippen LogP contribution in [0.4, 0.5) is 4.39 Å². The second kappa shape index (κ2) is 4.20. The first kappa shape index (κ1) is 11.0. The Balaban J connectivity index is 2.64. The largest absolute Gasteiger partial charge is 0.478 e. The molecule has 1 aliphatic rings. The van der Waals surface area contributed by atoms with Crippen LogP contribution < -0.4 is 10.4 Å². The molecule has 0 aliphatic heterocycles. The number of carboxylic acids is 1. The summed E-state index contributed by atoms with van der Waals surface area (Å²) in [6.45, 7) is 0. The van der Waals surface area contributed by atoms with E-state index in [0.29, 0.717) is 10.8 Å². The van der Waals surface area contributed by atoms with Crippen LogP contribution in [-0.2, 0) is 4.79 Å². The molecular formula is C13H8FNO2. The molecule has 1 aliphatic carbocycles. The highest BCUT2D eigenvalue weighted by atomic mass is 19.1. The highest BCUT2D eigenvalue weighted by Gasteiger charge is 2.09. The number of halogens is 1. The Bertz CT molecular complexity index is 695. The van der Waals surface area contributed by atoms with Gasteiger partial charge in [-0.25, -0.2) is 9.18 Å². The minimum absolute atomic E-state index is 0.0822. The van der Waals surface area contributed by atoms with Crippen molar-refractivity contribution in [1.29, 1.82) is 5.41 Å². The minimum Gasteiger partial charge on any atom is -0.478 e. The molecule has 1 aromatic rings. The SMILES string of the molecule is N=C=c1cc/c(=C2\C=CC(C(=O)O)=C2)cc1F. The third-order valence-corrected chi connectivity index (χ3v) is 2.44. The van der Waals surface area contributed by atoms with Crippen LogP contribution in [0.3, 0.4) is 0 Å². The van der Waals surface area contributed by atoms with E-state index in [1.165, 1.54) is 24.3 Å². The molecule has 2 N–H and O–H groups in total. The lowest BCUT2D eigenvalue weighted by Crippen LogP contribution is -2.15. The van der Waals surface area contributed by atoms with Gasteiger partial charge in [0.05, 0.1) is 10.8 Å². The van der Waals surface area contributed by atoms with Crippen LogP contribution in [0.15, 0.2) is 42.0 Å². The van der Waals surface area contributed by atoms with Crippen molar-refractivity contribution in [3.63, 3.8) is 0 Å². The molecule has 0 saturated heterocycles. The van der Waals surface area contributed by atoms with Gasteiger partial charge in [0.1, 0.15) is 5.82 Å². The van der Waals surface area contributed by atoms with Gasteiger partial charge in [0.25, 0.3) is 0 Å². The molecular weight excluding hydrogens is 221 g/mol. The number of hydrogen-bond donors (Lipinski definition) is 2. The van der Waals surface area contributed by atoms with Gasteiger partial charge in [-0.1, -0.05) is 12.1 Å². The molecule has 0 saturated carbocycles. The summed E-state index contributed by atoms with van der Waals surface area (Å²) in [5.41, 5.74) is 0.806. The fraction of sp³-hybridized carbons (Fsp3) is 0. The van der Waals surface area contributed by atoms with E-state index in [0.717, 1.165) is 0 Å². The Hall–Kier alpha value is -2.45. The average Bonchev–Trinajstić information content (AvgIpc) is 2.78. The Labute approximate surface area is 96.0 Å². The average molecular weight is 229 g/mol. The quantitative estimate of drug-likeness (QED) is 0.688. The van der Waals surface area contributed by atoms with Gasteiger partial charge in [0.15, 0.2) is 0 Å². The molecule has 84 valence electrons. The van der Waals surface area contributed by atoms with E-state index < -0.39 is 11.8 Å². The maximum Gasteiger partial charge on any atom is 0.335 e. The summed E-state index contributed by atoms with van der Waals surface area (Å²) in [4.78, 5) is 10.7.